The SMILES string of the molecule is CCCC(=O)CCc1cccc(OC2CCC(C(=O)N(C)c3ccc(CN4CCC[C@@H](C)C4)c(C)c3)CC2)c1. The van der Waals surface area contributed by atoms with E-state index in [-0.39, 0.29) is 17.9 Å². The zero-order valence-electron chi connectivity index (χ0n) is 24.6. The predicted octanol–water partition coefficient (Wildman–Crippen LogP) is 7.13. The molecule has 4 rings (SSSR count). The van der Waals surface area contributed by atoms with Gasteiger partial charge in [-0.3, -0.25) is 14.5 Å². The van der Waals surface area contributed by atoms with Gasteiger partial charge in [0.15, 0.2) is 0 Å². The number of anilines is 1. The highest BCUT2D eigenvalue weighted by molar-refractivity contribution is 5.94. The van der Waals surface area contributed by atoms with E-state index in [2.05, 4.69) is 49.1 Å². The molecule has 1 saturated heterocycles. The molecule has 1 heterocycles. The number of amides is 1. The number of likely N-dealkylation sites (tertiary alicyclic amines) is 1. The third-order valence-corrected chi connectivity index (χ3v) is 8.63. The largest absolute Gasteiger partial charge is 0.490 e. The van der Waals surface area contributed by atoms with Gasteiger partial charge in [-0.25, -0.2) is 0 Å². The molecule has 0 unspecified atom stereocenters. The Bertz CT molecular complexity index is 1110. The molecule has 0 N–H and O–H groups in total. The van der Waals surface area contributed by atoms with Gasteiger partial charge in [0, 0.05) is 44.6 Å². The van der Waals surface area contributed by atoms with Crippen LogP contribution in [0.1, 0.15) is 88.3 Å². The number of benzene rings is 2. The Labute approximate surface area is 235 Å². The summed E-state index contributed by atoms with van der Waals surface area (Å²) >= 11 is 0. The summed E-state index contributed by atoms with van der Waals surface area (Å²) in [6, 6.07) is 14.7. The van der Waals surface area contributed by atoms with Crippen molar-refractivity contribution in [1.29, 1.82) is 0 Å². The third-order valence-electron chi connectivity index (χ3n) is 8.63. The maximum absolute atomic E-state index is 13.4. The predicted molar refractivity (Wildman–Crippen MR) is 159 cm³/mol. The van der Waals surface area contributed by atoms with Crippen LogP contribution in [0.15, 0.2) is 42.5 Å². The standard InChI is InChI=1S/C34H48N2O3/c1-5-8-31(37)17-12-27-10-6-11-33(22-27)39-32-18-14-28(15-19-32)34(38)35(4)30-16-13-29(26(3)21-30)24-36-20-7-9-25(2)23-36/h6,10-11,13,16,21-22,25,28,32H,5,7-9,12,14-15,17-20,23-24H2,1-4H3/t25-,28?,32?/m1/s1. The van der Waals surface area contributed by atoms with Crippen molar-refractivity contribution in [3.63, 3.8) is 0 Å². The Kier molecular flexibility index (Phi) is 10.6. The topological polar surface area (TPSA) is 49.9 Å². The molecule has 1 amide bonds. The number of carbonyl (C=O) groups is 2. The number of carbonyl (C=O) groups excluding carboxylic acids is 2. The molecule has 5 nitrogen and oxygen atoms in total. The lowest BCUT2D eigenvalue weighted by atomic mass is 9.86. The molecule has 2 aromatic carbocycles. The maximum atomic E-state index is 13.4. The van der Waals surface area contributed by atoms with E-state index in [1.165, 1.54) is 37.1 Å². The molecule has 1 saturated carbocycles. The van der Waals surface area contributed by atoms with Crippen molar-refractivity contribution in [2.24, 2.45) is 11.8 Å². The van der Waals surface area contributed by atoms with Crippen LogP contribution in [0, 0.1) is 18.8 Å². The van der Waals surface area contributed by atoms with Crippen molar-refractivity contribution in [2.45, 2.75) is 97.6 Å². The average Bonchev–Trinajstić information content (AvgIpc) is 2.93. The third kappa shape index (κ3) is 8.41. The summed E-state index contributed by atoms with van der Waals surface area (Å²) in [4.78, 5) is 29.7. The number of piperidine rings is 1. The van der Waals surface area contributed by atoms with Gasteiger partial charge in [0.25, 0.3) is 0 Å². The quantitative estimate of drug-likeness (QED) is 0.309. The van der Waals surface area contributed by atoms with Crippen LogP contribution < -0.4 is 9.64 Å². The monoisotopic (exact) mass is 532 g/mol. The van der Waals surface area contributed by atoms with E-state index in [9.17, 15) is 9.59 Å². The summed E-state index contributed by atoms with van der Waals surface area (Å²) in [6.45, 7) is 9.92. The van der Waals surface area contributed by atoms with Crippen LogP contribution in [0.25, 0.3) is 0 Å². The molecule has 212 valence electrons. The molecule has 0 spiro atoms. The highest BCUT2D eigenvalue weighted by atomic mass is 16.5. The van der Waals surface area contributed by atoms with Gasteiger partial charge in [-0.05, 0) is 112 Å². The number of rotatable bonds is 11. The molecule has 1 aliphatic heterocycles. The number of aryl methyl sites for hydroxylation is 2. The maximum Gasteiger partial charge on any atom is 0.229 e. The Morgan fingerprint density at radius 2 is 1.82 bits per heavy atom. The molecule has 0 aromatic heterocycles. The van der Waals surface area contributed by atoms with Crippen LogP contribution in [0.5, 0.6) is 5.75 Å². The Morgan fingerprint density at radius 3 is 2.54 bits per heavy atom. The average molecular weight is 533 g/mol. The van der Waals surface area contributed by atoms with Gasteiger partial charge >= 0.3 is 0 Å². The smallest absolute Gasteiger partial charge is 0.229 e. The number of ether oxygens (including phenoxy) is 1. The van der Waals surface area contributed by atoms with Gasteiger partial charge in [0.2, 0.25) is 5.91 Å². The van der Waals surface area contributed by atoms with Crippen LogP contribution in [0.3, 0.4) is 0 Å². The number of hydrogen-bond donors (Lipinski definition) is 0. The van der Waals surface area contributed by atoms with E-state index in [0.29, 0.717) is 18.6 Å². The lowest BCUT2D eigenvalue weighted by molar-refractivity contribution is -0.123. The highest BCUT2D eigenvalue weighted by Crippen LogP contribution is 2.31. The molecule has 0 bridgehead atoms. The minimum atomic E-state index is 0.0422. The summed E-state index contributed by atoms with van der Waals surface area (Å²) < 4.78 is 6.31. The summed E-state index contributed by atoms with van der Waals surface area (Å²) in [6.07, 6.45) is 9.16. The first-order valence-electron chi connectivity index (χ1n) is 15.2. The lowest BCUT2D eigenvalue weighted by Crippen LogP contribution is -2.37. The summed E-state index contributed by atoms with van der Waals surface area (Å²) in [5.41, 5.74) is 4.76. The molecule has 0 radical (unpaired) electrons. The Balaban J connectivity index is 1.26. The Hall–Kier alpha value is -2.66. The number of hydrogen-bond acceptors (Lipinski definition) is 4. The van der Waals surface area contributed by atoms with Gasteiger partial charge in [-0.2, -0.15) is 0 Å². The summed E-state index contributed by atoms with van der Waals surface area (Å²) in [5.74, 6) is 2.23. The first-order valence-corrected chi connectivity index (χ1v) is 15.2. The Morgan fingerprint density at radius 1 is 1.03 bits per heavy atom. The van der Waals surface area contributed by atoms with Crippen molar-refractivity contribution in [3.05, 3.63) is 59.2 Å². The zero-order chi connectivity index (χ0) is 27.8. The molecule has 2 aromatic rings. The van der Waals surface area contributed by atoms with Gasteiger partial charge in [0.1, 0.15) is 11.5 Å². The highest BCUT2D eigenvalue weighted by Gasteiger charge is 2.30. The second kappa shape index (κ2) is 14.1. The van der Waals surface area contributed by atoms with Crippen molar-refractivity contribution >= 4 is 17.4 Å². The fourth-order valence-electron chi connectivity index (χ4n) is 6.22. The normalized spacial score (nSPS) is 21.9. The molecule has 39 heavy (non-hydrogen) atoms. The summed E-state index contributed by atoms with van der Waals surface area (Å²) in [5, 5.41) is 0. The van der Waals surface area contributed by atoms with E-state index >= 15 is 0 Å². The molecular weight excluding hydrogens is 484 g/mol. The molecule has 2 fully saturated rings. The fourth-order valence-corrected chi connectivity index (χ4v) is 6.22. The van der Waals surface area contributed by atoms with E-state index in [4.69, 9.17) is 4.74 Å². The van der Waals surface area contributed by atoms with Crippen LogP contribution in [0.4, 0.5) is 5.69 Å². The van der Waals surface area contributed by atoms with Gasteiger partial charge in [-0.1, -0.05) is 32.0 Å². The van der Waals surface area contributed by atoms with Gasteiger partial charge in [0.05, 0.1) is 6.10 Å². The number of ketones is 1. The minimum absolute atomic E-state index is 0.0422. The summed E-state index contributed by atoms with van der Waals surface area (Å²) in [7, 11) is 1.92. The van der Waals surface area contributed by atoms with Gasteiger partial charge in [-0.15, -0.1) is 0 Å². The molecule has 1 aliphatic carbocycles. The van der Waals surface area contributed by atoms with Crippen molar-refractivity contribution in [3.8, 4) is 5.75 Å². The molecular formula is C34H48N2O3. The lowest BCUT2D eigenvalue weighted by Gasteiger charge is -2.32. The molecule has 2 aliphatic rings. The zero-order valence-corrected chi connectivity index (χ0v) is 24.6. The number of nitrogens with zero attached hydrogens (tertiary/aromatic N) is 2. The van der Waals surface area contributed by atoms with Crippen LogP contribution >= 0.6 is 0 Å². The van der Waals surface area contributed by atoms with Crippen molar-refractivity contribution < 1.29 is 14.3 Å². The second-order valence-corrected chi connectivity index (χ2v) is 12.0. The molecule has 1 atom stereocenters. The van der Waals surface area contributed by atoms with Crippen molar-refractivity contribution in [1.82, 2.24) is 4.90 Å². The second-order valence-electron chi connectivity index (χ2n) is 12.0. The van der Waals surface area contributed by atoms with Crippen LogP contribution in [-0.4, -0.2) is 42.8 Å². The van der Waals surface area contributed by atoms with Crippen LogP contribution in [-0.2, 0) is 22.6 Å². The van der Waals surface area contributed by atoms with Crippen LogP contribution in [0.2, 0.25) is 0 Å². The van der Waals surface area contributed by atoms with E-state index in [0.717, 1.165) is 68.0 Å². The van der Waals surface area contributed by atoms with Gasteiger partial charge < -0.3 is 9.64 Å². The van der Waals surface area contributed by atoms with E-state index in [1.807, 2.05) is 31.0 Å². The first kappa shape index (κ1) is 29.3. The van der Waals surface area contributed by atoms with E-state index < -0.39 is 0 Å². The number of Topliss-reactive ketones (excluding diaryl/α,β-unsaturated/α-hetero) is 1. The van der Waals surface area contributed by atoms with E-state index in [1.54, 1.807) is 0 Å². The minimum Gasteiger partial charge on any atom is -0.490 e. The molecule has 5 heteroatoms. The fraction of sp³-hybridized carbons (Fsp3) is 0.588. The first-order chi connectivity index (χ1) is 18.8. The van der Waals surface area contributed by atoms with Crippen molar-refractivity contribution in [2.75, 3.05) is 25.0 Å².